The molecule has 0 aromatic heterocycles. The number of aliphatic hydroxyl groups is 2. The van der Waals surface area contributed by atoms with Crippen LogP contribution in [0.5, 0.6) is 0 Å². The first-order valence-corrected chi connectivity index (χ1v) is 11.7. The molecule has 8 nitrogen and oxygen atoms in total. The average Bonchev–Trinajstić information content (AvgIpc) is 2.78. The van der Waals surface area contributed by atoms with Crippen LogP contribution in [0.4, 0.5) is 17.1 Å². The zero-order valence-corrected chi connectivity index (χ0v) is 19.5. The molecule has 1 aliphatic rings. The Bertz CT molecular complexity index is 950. The van der Waals surface area contributed by atoms with Crippen molar-refractivity contribution in [2.45, 2.75) is 57.6 Å². The van der Waals surface area contributed by atoms with Gasteiger partial charge >= 0.3 is 0 Å². The molecule has 2 atom stereocenters. The summed E-state index contributed by atoms with van der Waals surface area (Å²) in [5, 5.41) is 34.1. The molecule has 1 fully saturated rings. The first-order valence-electron chi connectivity index (χ1n) is 11.7. The molecule has 8 heteroatoms. The van der Waals surface area contributed by atoms with Crippen molar-refractivity contribution in [2.24, 2.45) is 0 Å². The summed E-state index contributed by atoms with van der Waals surface area (Å²) >= 11 is 0. The molecular weight excluding hydrogens is 420 g/mol. The Morgan fingerprint density at radius 3 is 2.61 bits per heavy atom. The predicted octanol–water partition coefficient (Wildman–Crippen LogP) is 3.32. The second-order valence-electron chi connectivity index (χ2n) is 9.25. The maximum Gasteiger partial charge on any atom is 0.294 e. The van der Waals surface area contributed by atoms with Gasteiger partial charge in [-0.1, -0.05) is 32.0 Å². The van der Waals surface area contributed by atoms with E-state index in [0.717, 1.165) is 32.4 Å². The van der Waals surface area contributed by atoms with Crippen molar-refractivity contribution in [3.63, 3.8) is 0 Å². The molecule has 180 valence electrons. The molecule has 0 saturated carbocycles. The van der Waals surface area contributed by atoms with Crippen molar-refractivity contribution in [3.05, 3.63) is 63.2 Å². The SMILES string of the molecule is CC(C)c1cc(CCNc2ccc(N)cc2[N+](=O)[O-])cc(CCN2CCC(O)CC2CO)c1. The number of nitrogens with zero attached hydrogens (tertiary/aromatic N) is 2. The fourth-order valence-electron chi connectivity index (χ4n) is 4.44. The van der Waals surface area contributed by atoms with Crippen LogP contribution in [0.25, 0.3) is 0 Å². The molecule has 0 spiro atoms. The number of hydrogen-bond donors (Lipinski definition) is 4. The monoisotopic (exact) mass is 456 g/mol. The van der Waals surface area contributed by atoms with E-state index in [1.807, 2.05) is 0 Å². The molecule has 2 unspecified atom stereocenters. The van der Waals surface area contributed by atoms with Crippen molar-refractivity contribution in [1.82, 2.24) is 4.90 Å². The third kappa shape index (κ3) is 6.90. The highest BCUT2D eigenvalue weighted by Gasteiger charge is 2.26. The third-order valence-corrected chi connectivity index (χ3v) is 6.40. The van der Waals surface area contributed by atoms with Crippen LogP contribution in [0.15, 0.2) is 36.4 Å². The van der Waals surface area contributed by atoms with Gasteiger partial charge < -0.3 is 21.3 Å². The van der Waals surface area contributed by atoms with Gasteiger partial charge in [0.2, 0.25) is 0 Å². The van der Waals surface area contributed by atoms with E-state index < -0.39 is 4.92 Å². The molecule has 1 saturated heterocycles. The minimum atomic E-state index is -0.421. The Labute approximate surface area is 195 Å². The number of likely N-dealkylation sites (tertiary alicyclic amines) is 1. The maximum absolute atomic E-state index is 11.3. The molecule has 5 N–H and O–H groups in total. The predicted molar refractivity (Wildman–Crippen MR) is 132 cm³/mol. The van der Waals surface area contributed by atoms with E-state index in [4.69, 9.17) is 5.73 Å². The van der Waals surface area contributed by atoms with Crippen LogP contribution in [0.2, 0.25) is 0 Å². The van der Waals surface area contributed by atoms with Gasteiger partial charge in [-0.2, -0.15) is 0 Å². The summed E-state index contributed by atoms with van der Waals surface area (Å²) in [6.07, 6.45) is 2.66. The minimum absolute atomic E-state index is 0.0152. The number of nitro benzene ring substituents is 1. The summed E-state index contributed by atoms with van der Waals surface area (Å²) in [5.74, 6) is 0.394. The Hall–Kier alpha value is -2.68. The quantitative estimate of drug-likeness (QED) is 0.245. The number of piperidine rings is 1. The lowest BCUT2D eigenvalue weighted by molar-refractivity contribution is -0.383. The van der Waals surface area contributed by atoms with Gasteiger partial charge in [-0.25, -0.2) is 0 Å². The summed E-state index contributed by atoms with van der Waals surface area (Å²) in [7, 11) is 0. The molecule has 1 heterocycles. The van der Waals surface area contributed by atoms with Gasteiger partial charge in [0.15, 0.2) is 0 Å². The zero-order valence-electron chi connectivity index (χ0n) is 19.5. The second kappa shape index (κ2) is 11.4. The number of anilines is 2. The Morgan fingerprint density at radius 2 is 1.94 bits per heavy atom. The molecular formula is C25H36N4O4. The Morgan fingerprint density at radius 1 is 1.21 bits per heavy atom. The molecule has 0 amide bonds. The van der Waals surface area contributed by atoms with Gasteiger partial charge in [0.25, 0.3) is 5.69 Å². The molecule has 2 aromatic carbocycles. The highest BCUT2D eigenvalue weighted by molar-refractivity contribution is 5.66. The fourth-order valence-corrected chi connectivity index (χ4v) is 4.44. The summed E-state index contributed by atoms with van der Waals surface area (Å²) in [6, 6.07) is 11.4. The van der Waals surface area contributed by atoms with Gasteiger partial charge in [-0.15, -0.1) is 0 Å². The smallest absolute Gasteiger partial charge is 0.294 e. The normalized spacial score (nSPS) is 19.1. The van der Waals surface area contributed by atoms with E-state index in [9.17, 15) is 20.3 Å². The first-order chi connectivity index (χ1) is 15.8. The van der Waals surface area contributed by atoms with Gasteiger partial charge in [-0.3, -0.25) is 15.0 Å². The molecule has 2 aromatic rings. The van der Waals surface area contributed by atoms with Gasteiger partial charge in [0.05, 0.1) is 17.6 Å². The Kier molecular flexibility index (Phi) is 8.66. The van der Waals surface area contributed by atoms with E-state index in [-0.39, 0.29) is 24.4 Å². The highest BCUT2D eigenvalue weighted by Crippen LogP contribution is 2.27. The average molecular weight is 457 g/mol. The van der Waals surface area contributed by atoms with Crippen molar-refractivity contribution >= 4 is 17.1 Å². The van der Waals surface area contributed by atoms with Crippen LogP contribution in [-0.4, -0.2) is 58.4 Å². The molecule has 1 aliphatic heterocycles. The number of nitrogens with one attached hydrogen (secondary N) is 1. The van der Waals surface area contributed by atoms with Crippen molar-refractivity contribution in [1.29, 1.82) is 0 Å². The van der Waals surface area contributed by atoms with Crippen molar-refractivity contribution in [2.75, 3.05) is 37.3 Å². The van der Waals surface area contributed by atoms with Crippen molar-refractivity contribution in [3.8, 4) is 0 Å². The molecule has 33 heavy (non-hydrogen) atoms. The number of nitrogens with two attached hydrogens (primary N) is 1. The molecule has 0 radical (unpaired) electrons. The first kappa shape index (κ1) is 25.0. The standard InChI is InChI=1S/C25H36N4O4/c1-17(2)20-12-18(5-8-27-24-4-3-21(26)14-25(24)29(32)33)11-19(13-20)6-9-28-10-7-23(31)15-22(28)16-30/h3-4,11-14,17,22-23,27,30-31H,5-10,15-16,26H2,1-2H3. The summed E-state index contributed by atoms with van der Waals surface area (Å²) in [4.78, 5) is 13.2. The van der Waals surface area contributed by atoms with E-state index >= 15 is 0 Å². The maximum atomic E-state index is 11.3. The number of nitrogen functional groups attached to an aromatic ring is 1. The molecule has 3 rings (SSSR count). The van der Waals surface area contributed by atoms with Crippen LogP contribution in [0.3, 0.4) is 0 Å². The largest absolute Gasteiger partial charge is 0.399 e. The van der Waals surface area contributed by atoms with Crippen LogP contribution < -0.4 is 11.1 Å². The zero-order chi connectivity index (χ0) is 24.0. The van der Waals surface area contributed by atoms with Crippen LogP contribution in [0, 0.1) is 10.1 Å². The van der Waals surface area contributed by atoms with E-state index in [0.29, 0.717) is 30.3 Å². The lowest BCUT2D eigenvalue weighted by atomic mass is 9.94. The number of hydrogen-bond acceptors (Lipinski definition) is 7. The number of aliphatic hydroxyl groups excluding tert-OH is 2. The number of nitro groups is 1. The third-order valence-electron chi connectivity index (χ3n) is 6.40. The van der Waals surface area contributed by atoms with Crippen LogP contribution in [0.1, 0.15) is 49.3 Å². The molecule has 0 bridgehead atoms. The van der Waals surface area contributed by atoms with Crippen LogP contribution >= 0.6 is 0 Å². The summed E-state index contributed by atoms with van der Waals surface area (Å²) in [6.45, 7) is 6.63. The summed E-state index contributed by atoms with van der Waals surface area (Å²) < 4.78 is 0. The van der Waals surface area contributed by atoms with Crippen molar-refractivity contribution < 1.29 is 15.1 Å². The lowest BCUT2D eigenvalue weighted by Crippen LogP contribution is -2.47. The van der Waals surface area contributed by atoms with Gasteiger partial charge in [0, 0.05) is 37.4 Å². The van der Waals surface area contributed by atoms with E-state index in [1.165, 1.54) is 22.8 Å². The number of rotatable bonds is 10. The molecule has 0 aliphatic carbocycles. The fraction of sp³-hybridized carbons (Fsp3) is 0.520. The lowest BCUT2D eigenvalue weighted by Gasteiger charge is -2.37. The van der Waals surface area contributed by atoms with E-state index in [1.54, 1.807) is 12.1 Å². The van der Waals surface area contributed by atoms with Crippen LogP contribution in [-0.2, 0) is 12.8 Å². The second-order valence-corrected chi connectivity index (χ2v) is 9.25. The minimum Gasteiger partial charge on any atom is -0.399 e. The van der Waals surface area contributed by atoms with Gasteiger partial charge in [0.1, 0.15) is 5.69 Å². The Balaban J connectivity index is 1.66. The van der Waals surface area contributed by atoms with Gasteiger partial charge in [-0.05, 0) is 60.4 Å². The highest BCUT2D eigenvalue weighted by atomic mass is 16.6. The summed E-state index contributed by atoms with van der Waals surface area (Å²) in [5.41, 5.74) is 10.2. The topological polar surface area (TPSA) is 125 Å². The number of benzene rings is 2. The van der Waals surface area contributed by atoms with E-state index in [2.05, 4.69) is 42.3 Å².